The maximum atomic E-state index is 12.3. The Hall–Kier alpha value is -2.67. The normalized spacial score (nSPS) is 13.1. The van der Waals surface area contributed by atoms with E-state index in [9.17, 15) is 9.59 Å². The fourth-order valence-corrected chi connectivity index (χ4v) is 2.12. The average Bonchev–Trinajstić information content (AvgIpc) is 3.09. The highest BCUT2D eigenvalue weighted by Crippen LogP contribution is 2.17. The molecule has 2 rings (SSSR count). The van der Waals surface area contributed by atoms with Gasteiger partial charge in [0, 0.05) is 30.4 Å². The summed E-state index contributed by atoms with van der Waals surface area (Å²) in [6.45, 7) is 5.75. The molecule has 1 aromatic heterocycles. The Kier molecular flexibility index (Phi) is 6.08. The number of nitrogens with zero attached hydrogens (tertiary/aromatic N) is 2. The Labute approximate surface area is 141 Å². The molecule has 7 heteroatoms. The zero-order valence-corrected chi connectivity index (χ0v) is 14.0. The Morgan fingerprint density at radius 1 is 1.17 bits per heavy atom. The molecule has 0 radical (unpaired) electrons. The van der Waals surface area contributed by atoms with Gasteiger partial charge in [0.1, 0.15) is 12.1 Å². The van der Waals surface area contributed by atoms with Gasteiger partial charge >= 0.3 is 0 Å². The number of anilines is 2. The van der Waals surface area contributed by atoms with Gasteiger partial charge in [0.15, 0.2) is 0 Å². The van der Waals surface area contributed by atoms with Gasteiger partial charge in [0.05, 0.1) is 0 Å². The minimum Gasteiger partial charge on any atom is -0.369 e. The third-order valence-electron chi connectivity index (χ3n) is 3.48. The van der Waals surface area contributed by atoms with Crippen LogP contribution in [-0.4, -0.2) is 34.3 Å². The number of benzene rings is 1. The van der Waals surface area contributed by atoms with Crippen molar-refractivity contribution in [1.82, 2.24) is 9.78 Å². The maximum Gasteiger partial charge on any atom is 0.253 e. The van der Waals surface area contributed by atoms with Crippen LogP contribution in [0.5, 0.6) is 0 Å². The van der Waals surface area contributed by atoms with Gasteiger partial charge in [-0.25, -0.2) is 0 Å². The van der Waals surface area contributed by atoms with Crippen LogP contribution < -0.4 is 10.6 Å². The molecule has 0 bridgehead atoms. The van der Waals surface area contributed by atoms with Crippen LogP contribution in [0.2, 0.25) is 0 Å². The van der Waals surface area contributed by atoms with Gasteiger partial charge in [0.25, 0.3) is 5.91 Å². The lowest BCUT2D eigenvalue weighted by Gasteiger charge is -2.15. The van der Waals surface area contributed by atoms with Crippen molar-refractivity contribution in [2.24, 2.45) is 0 Å². The van der Waals surface area contributed by atoms with Crippen molar-refractivity contribution < 1.29 is 14.3 Å². The molecular weight excluding hydrogens is 308 g/mol. The van der Waals surface area contributed by atoms with Crippen LogP contribution in [0.4, 0.5) is 11.4 Å². The molecule has 128 valence electrons. The van der Waals surface area contributed by atoms with E-state index in [1.165, 1.54) is 0 Å². The molecule has 0 saturated heterocycles. The predicted octanol–water partition coefficient (Wildman–Crippen LogP) is 2.45. The topological polar surface area (TPSA) is 85.3 Å². The SMILES string of the molecule is CCOC(C)C(=O)Nc1cccc(NC(=O)C(C)n2cccn2)c1. The Morgan fingerprint density at radius 2 is 1.83 bits per heavy atom. The first-order chi connectivity index (χ1) is 11.5. The lowest BCUT2D eigenvalue weighted by Crippen LogP contribution is -2.27. The monoisotopic (exact) mass is 330 g/mol. The molecule has 0 aliphatic heterocycles. The van der Waals surface area contributed by atoms with Crippen LogP contribution in [-0.2, 0) is 14.3 Å². The second-order valence-corrected chi connectivity index (χ2v) is 5.32. The van der Waals surface area contributed by atoms with Gasteiger partial charge in [-0.3, -0.25) is 14.3 Å². The first-order valence-corrected chi connectivity index (χ1v) is 7.83. The zero-order valence-electron chi connectivity index (χ0n) is 14.0. The van der Waals surface area contributed by atoms with Crippen LogP contribution in [0.1, 0.15) is 26.8 Å². The lowest BCUT2D eigenvalue weighted by atomic mass is 10.2. The number of hydrogen-bond acceptors (Lipinski definition) is 4. The van der Waals surface area contributed by atoms with E-state index < -0.39 is 12.1 Å². The summed E-state index contributed by atoms with van der Waals surface area (Å²) >= 11 is 0. The summed E-state index contributed by atoms with van der Waals surface area (Å²) < 4.78 is 6.83. The first-order valence-electron chi connectivity index (χ1n) is 7.83. The maximum absolute atomic E-state index is 12.3. The van der Waals surface area contributed by atoms with E-state index in [-0.39, 0.29) is 11.8 Å². The van der Waals surface area contributed by atoms with Crippen molar-refractivity contribution in [2.75, 3.05) is 17.2 Å². The summed E-state index contributed by atoms with van der Waals surface area (Å²) in [5.41, 5.74) is 1.19. The second kappa shape index (κ2) is 8.26. The van der Waals surface area contributed by atoms with Gasteiger partial charge in [-0.2, -0.15) is 5.10 Å². The van der Waals surface area contributed by atoms with E-state index in [1.807, 2.05) is 6.92 Å². The minimum atomic E-state index is -0.534. The van der Waals surface area contributed by atoms with E-state index >= 15 is 0 Å². The van der Waals surface area contributed by atoms with E-state index in [0.717, 1.165) is 0 Å². The van der Waals surface area contributed by atoms with E-state index in [2.05, 4.69) is 15.7 Å². The third kappa shape index (κ3) is 4.66. The Balaban J connectivity index is 2.00. The number of ether oxygens (including phenoxy) is 1. The van der Waals surface area contributed by atoms with Gasteiger partial charge in [0.2, 0.25) is 5.91 Å². The van der Waals surface area contributed by atoms with Crippen molar-refractivity contribution in [1.29, 1.82) is 0 Å². The number of hydrogen-bond donors (Lipinski definition) is 2. The highest BCUT2D eigenvalue weighted by atomic mass is 16.5. The van der Waals surface area contributed by atoms with E-state index in [4.69, 9.17) is 4.74 Å². The summed E-state index contributed by atoms with van der Waals surface area (Å²) in [5, 5.41) is 9.64. The molecule has 2 atom stereocenters. The molecule has 0 saturated carbocycles. The van der Waals surface area contributed by atoms with Crippen molar-refractivity contribution in [3.05, 3.63) is 42.7 Å². The molecule has 0 aliphatic carbocycles. The Bertz CT molecular complexity index is 685. The summed E-state index contributed by atoms with van der Waals surface area (Å²) in [6, 6.07) is 8.30. The number of carbonyl (C=O) groups is 2. The summed E-state index contributed by atoms with van der Waals surface area (Å²) in [4.78, 5) is 24.2. The van der Waals surface area contributed by atoms with Gasteiger partial charge in [-0.1, -0.05) is 6.07 Å². The van der Waals surface area contributed by atoms with Crippen LogP contribution in [0, 0.1) is 0 Å². The number of rotatable bonds is 7. The quantitative estimate of drug-likeness (QED) is 0.816. The summed E-state index contributed by atoms with van der Waals surface area (Å²) in [5.74, 6) is -0.421. The molecule has 0 aliphatic rings. The molecule has 0 fully saturated rings. The molecular formula is C17H22N4O3. The minimum absolute atomic E-state index is 0.190. The molecule has 1 aromatic carbocycles. The number of carbonyl (C=O) groups excluding carboxylic acids is 2. The van der Waals surface area contributed by atoms with Crippen LogP contribution >= 0.6 is 0 Å². The fourth-order valence-electron chi connectivity index (χ4n) is 2.12. The highest BCUT2D eigenvalue weighted by molar-refractivity contribution is 5.96. The Morgan fingerprint density at radius 3 is 2.42 bits per heavy atom. The fraction of sp³-hybridized carbons (Fsp3) is 0.353. The number of nitrogens with one attached hydrogen (secondary N) is 2. The van der Waals surface area contributed by atoms with Crippen molar-refractivity contribution >= 4 is 23.2 Å². The van der Waals surface area contributed by atoms with Crippen molar-refractivity contribution in [3.63, 3.8) is 0 Å². The van der Waals surface area contributed by atoms with Crippen molar-refractivity contribution in [3.8, 4) is 0 Å². The summed E-state index contributed by atoms with van der Waals surface area (Å²) in [7, 11) is 0. The molecule has 7 nitrogen and oxygen atoms in total. The average molecular weight is 330 g/mol. The molecule has 2 amide bonds. The smallest absolute Gasteiger partial charge is 0.253 e. The molecule has 2 N–H and O–H groups in total. The van der Waals surface area contributed by atoms with Gasteiger partial charge in [-0.05, 0) is 45.0 Å². The molecule has 1 heterocycles. The standard InChI is InChI=1S/C17H22N4O3/c1-4-24-13(3)17(23)20-15-8-5-7-14(11-15)19-16(22)12(2)21-10-6-9-18-21/h5-13H,4H2,1-3H3,(H,19,22)(H,20,23). The van der Waals surface area contributed by atoms with E-state index in [0.29, 0.717) is 18.0 Å². The molecule has 24 heavy (non-hydrogen) atoms. The van der Waals surface area contributed by atoms with Crippen molar-refractivity contribution in [2.45, 2.75) is 32.9 Å². The zero-order chi connectivity index (χ0) is 17.5. The van der Waals surface area contributed by atoms with Gasteiger partial charge < -0.3 is 15.4 Å². The largest absolute Gasteiger partial charge is 0.369 e. The van der Waals surface area contributed by atoms with Crippen LogP contribution in [0.3, 0.4) is 0 Å². The number of amides is 2. The van der Waals surface area contributed by atoms with Gasteiger partial charge in [-0.15, -0.1) is 0 Å². The number of aromatic nitrogens is 2. The van der Waals surface area contributed by atoms with Crippen LogP contribution in [0.15, 0.2) is 42.7 Å². The van der Waals surface area contributed by atoms with E-state index in [1.54, 1.807) is 61.3 Å². The first kappa shape index (κ1) is 17.7. The highest BCUT2D eigenvalue weighted by Gasteiger charge is 2.16. The summed E-state index contributed by atoms with van der Waals surface area (Å²) in [6.07, 6.45) is 2.82. The molecule has 0 spiro atoms. The lowest BCUT2D eigenvalue weighted by molar-refractivity contribution is -0.126. The molecule has 2 aromatic rings. The second-order valence-electron chi connectivity index (χ2n) is 5.32. The third-order valence-corrected chi connectivity index (χ3v) is 3.48. The predicted molar refractivity (Wildman–Crippen MR) is 91.7 cm³/mol. The molecule has 2 unspecified atom stereocenters. The van der Waals surface area contributed by atoms with Crippen LogP contribution in [0.25, 0.3) is 0 Å².